The number of rotatable bonds is 6. The maximum absolute atomic E-state index is 5.43. The van der Waals surface area contributed by atoms with Gasteiger partial charge in [-0.2, -0.15) is 0 Å². The van der Waals surface area contributed by atoms with Crippen molar-refractivity contribution in [2.75, 3.05) is 6.54 Å². The minimum atomic E-state index is 0.333. The monoisotopic (exact) mass is 205 g/mol. The summed E-state index contributed by atoms with van der Waals surface area (Å²) in [6.07, 6.45) is 9.75. The molecule has 0 saturated carbocycles. The Hall–Kier alpha value is -1.20. The minimum Gasteiger partial charge on any atom is -0.469 e. The molecule has 0 saturated heterocycles. The molecule has 0 aromatic carbocycles. The Morgan fingerprint density at radius 1 is 1.53 bits per heavy atom. The topological polar surface area (TPSA) is 25.2 Å². The molecular formula is C13H19NO. The van der Waals surface area contributed by atoms with E-state index in [2.05, 4.69) is 25.1 Å². The molecule has 0 radical (unpaired) electrons. The van der Waals surface area contributed by atoms with Gasteiger partial charge in [-0.15, -0.1) is 12.3 Å². The Kier molecular flexibility index (Phi) is 5.00. The molecule has 0 spiro atoms. The van der Waals surface area contributed by atoms with Gasteiger partial charge in [0.05, 0.1) is 6.26 Å². The smallest absolute Gasteiger partial charge is 0.108 e. The van der Waals surface area contributed by atoms with Gasteiger partial charge in [0.15, 0.2) is 0 Å². The normalized spacial score (nSPS) is 12.3. The predicted molar refractivity (Wildman–Crippen MR) is 62.6 cm³/mol. The molecular weight excluding hydrogens is 186 g/mol. The molecule has 0 aliphatic heterocycles. The van der Waals surface area contributed by atoms with Gasteiger partial charge >= 0.3 is 0 Å². The van der Waals surface area contributed by atoms with Crippen molar-refractivity contribution in [3.63, 3.8) is 0 Å². The Morgan fingerprint density at radius 2 is 2.33 bits per heavy atom. The minimum absolute atomic E-state index is 0.333. The lowest BCUT2D eigenvalue weighted by atomic mass is 10.0. The molecule has 0 bridgehead atoms. The highest BCUT2D eigenvalue weighted by Gasteiger charge is 2.15. The first-order valence-electron chi connectivity index (χ1n) is 5.56. The quantitative estimate of drug-likeness (QED) is 0.722. The first kappa shape index (κ1) is 11.9. The van der Waals surface area contributed by atoms with E-state index < -0.39 is 0 Å². The van der Waals surface area contributed by atoms with Crippen molar-refractivity contribution in [1.29, 1.82) is 0 Å². The molecule has 2 heteroatoms. The lowest BCUT2D eigenvalue weighted by Gasteiger charge is -2.16. The van der Waals surface area contributed by atoms with Gasteiger partial charge in [0, 0.05) is 24.4 Å². The molecule has 0 amide bonds. The van der Waals surface area contributed by atoms with Crippen LogP contribution in [-0.4, -0.2) is 6.54 Å². The van der Waals surface area contributed by atoms with Crippen molar-refractivity contribution >= 4 is 0 Å². The van der Waals surface area contributed by atoms with Crippen LogP contribution in [0.15, 0.2) is 16.7 Å². The van der Waals surface area contributed by atoms with Gasteiger partial charge < -0.3 is 9.73 Å². The molecule has 1 heterocycles. The van der Waals surface area contributed by atoms with Gasteiger partial charge in [-0.05, 0) is 19.0 Å². The van der Waals surface area contributed by atoms with Crippen LogP contribution in [-0.2, 0) is 6.42 Å². The third kappa shape index (κ3) is 3.14. The fourth-order valence-electron chi connectivity index (χ4n) is 1.79. The van der Waals surface area contributed by atoms with Crippen LogP contribution >= 0.6 is 0 Å². The van der Waals surface area contributed by atoms with Crippen LogP contribution in [0, 0.1) is 12.3 Å². The summed E-state index contributed by atoms with van der Waals surface area (Å²) >= 11 is 0. The number of hydrogen-bond acceptors (Lipinski definition) is 2. The summed E-state index contributed by atoms with van der Waals surface area (Å²) < 4.78 is 5.43. The summed E-state index contributed by atoms with van der Waals surface area (Å²) in [4.78, 5) is 0. The van der Waals surface area contributed by atoms with Gasteiger partial charge in [-0.1, -0.05) is 13.8 Å². The van der Waals surface area contributed by atoms with Crippen LogP contribution in [0.2, 0.25) is 0 Å². The number of aryl methyl sites for hydroxylation is 1. The van der Waals surface area contributed by atoms with Crippen LogP contribution in [0.1, 0.15) is 44.1 Å². The summed E-state index contributed by atoms with van der Waals surface area (Å²) in [6.45, 7) is 5.16. The molecule has 2 nitrogen and oxygen atoms in total. The van der Waals surface area contributed by atoms with Crippen molar-refractivity contribution in [2.45, 2.75) is 39.2 Å². The summed E-state index contributed by atoms with van der Waals surface area (Å²) in [5.41, 5.74) is 1.26. The van der Waals surface area contributed by atoms with Crippen LogP contribution in [0.4, 0.5) is 0 Å². The number of hydrogen-bond donors (Lipinski definition) is 1. The molecule has 0 aliphatic rings. The van der Waals surface area contributed by atoms with Crippen LogP contribution in [0.25, 0.3) is 0 Å². The molecule has 1 unspecified atom stereocenters. The number of nitrogens with one attached hydrogen (secondary N) is 1. The van der Waals surface area contributed by atoms with Crippen LogP contribution in [0.3, 0.4) is 0 Å². The Balaban J connectivity index is 2.74. The second-order valence-corrected chi connectivity index (χ2v) is 3.51. The number of furan rings is 1. The van der Waals surface area contributed by atoms with Crippen molar-refractivity contribution in [3.8, 4) is 12.3 Å². The van der Waals surface area contributed by atoms with E-state index in [-0.39, 0.29) is 0 Å². The number of terminal acetylenes is 1. The second kappa shape index (κ2) is 6.31. The molecule has 1 N–H and O–H groups in total. The highest BCUT2D eigenvalue weighted by Crippen LogP contribution is 2.23. The Morgan fingerprint density at radius 3 is 2.93 bits per heavy atom. The summed E-state index contributed by atoms with van der Waals surface area (Å²) in [7, 11) is 0. The molecule has 1 atom stereocenters. The predicted octanol–water partition coefficient (Wildman–Crippen LogP) is 2.91. The summed E-state index contributed by atoms with van der Waals surface area (Å²) in [5.74, 6) is 3.75. The Labute approximate surface area is 92.1 Å². The van der Waals surface area contributed by atoms with Crippen LogP contribution < -0.4 is 5.32 Å². The molecule has 0 aliphatic carbocycles. The van der Waals surface area contributed by atoms with E-state index in [4.69, 9.17) is 10.8 Å². The molecule has 1 aromatic rings. The van der Waals surface area contributed by atoms with E-state index in [9.17, 15) is 0 Å². The molecule has 0 fully saturated rings. The fraction of sp³-hybridized carbons (Fsp3) is 0.538. The molecule has 82 valence electrons. The van der Waals surface area contributed by atoms with Gasteiger partial charge in [0.2, 0.25) is 0 Å². The summed E-state index contributed by atoms with van der Waals surface area (Å²) in [6, 6.07) is 2.38. The molecule has 1 rings (SSSR count). The van der Waals surface area contributed by atoms with Crippen LogP contribution in [0.5, 0.6) is 0 Å². The molecule has 1 aromatic heterocycles. The van der Waals surface area contributed by atoms with E-state index in [1.165, 1.54) is 5.56 Å². The second-order valence-electron chi connectivity index (χ2n) is 3.51. The highest BCUT2D eigenvalue weighted by atomic mass is 16.3. The van der Waals surface area contributed by atoms with Crippen molar-refractivity contribution in [2.24, 2.45) is 0 Å². The largest absolute Gasteiger partial charge is 0.469 e. The maximum Gasteiger partial charge on any atom is 0.108 e. The van der Waals surface area contributed by atoms with Gasteiger partial charge in [-0.25, -0.2) is 0 Å². The lowest BCUT2D eigenvalue weighted by Crippen LogP contribution is -2.21. The van der Waals surface area contributed by atoms with E-state index >= 15 is 0 Å². The third-order valence-corrected chi connectivity index (χ3v) is 2.50. The highest BCUT2D eigenvalue weighted by molar-refractivity contribution is 5.21. The van der Waals surface area contributed by atoms with E-state index in [1.807, 2.05) is 6.07 Å². The summed E-state index contributed by atoms with van der Waals surface area (Å²) in [5, 5.41) is 3.44. The zero-order valence-corrected chi connectivity index (χ0v) is 9.55. The standard InChI is InChI=1S/C13H19NO/c1-4-7-8-12(14-6-3)11-9-10-15-13(11)5-2/h1,9-10,12,14H,5-8H2,2-3H3. The van der Waals surface area contributed by atoms with Gasteiger partial charge in [-0.3, -0.25) is 0 Å². The first-order chi connectivity index (χ1) is 7.33. The maximum atomic E-state index is 5.43. The van der Waals surface area contributed by atoms with E-state index in [0.717, 1.165) is 31.6 Å². The van der Waals surface area contributed by atoms with E-state index in [0.29, 0.717) is 6.04 Å². The van der Waals surface area contributed by atoms with E-state index in [1.54, 1.807) is 6.26 Å². The SMILES string of the molecule is C#CCCC(NCC)c1ccoc1CC. The zero-order chi connectivity index (χ0) is 11.1. The molecule has 15 heavy (non-hydrogen) atoms. The first-order valence-corrected chi connectivity index (χ1v) is 5.56. The van der Waals surface area contributed by atoms with Crippen molar-refractivity contribution in [1.82, 2.24) is 5.32 Å². The Bertz CT molecular complexity index is 322. The van der Waals surface area contributed by atoms with Gasteiger partial charge in [0.1, 0.15) is 5.76 Å². The van der Waals surface area contributed by atoms with Crippen molar-refractivity contribution < 1.29 is 4.42 Å². The third-order valence-electron chi connectivity index (χ3n) is 2.50. The fourth-order valence-corrected chi connectivity index (χ4v) is 1.79. The average Bonchev–Trinajstić information content (AvgIpc) is 2.72. The zero-order valence-electron chi connectivity index (χ0n) is 9.55. The van der Waals surface area contributed by atoms with Crippen molar-refractivity contribution in [3.05, 3.63) is 23.7 Å². The van der Waals surface area contributed by atoms with Gasteiger partial charge in [0.25, 0.3) is 0 Å². The lowest BCUT2D eigenvalue weighted by molar-refractivity contribution is 0.478. The average molecular weight is 205 g/mol.